The van der Waals surface area contributed by atoms with E-state index in [1.54, 1.807) is 17.1 Å². The minimum atomic E-state index is -0.344. The van der Waals surface area contributed by atoms with E-state index >= 15 is 0 Å². The standard InChI is InChI=1S/C22H25ClN4O2/c1-2-3-11-29-22(28)18-12-24-21-17(20(18)26-16-9-10-16)13-25-27(21)14-19(23)15-7-5-4-6-8-15/h4-8,12-13,16,19H,2-3,9-11,14H2,1H3,(H,24,26). The second kappa shape index (κ2) is 8.82. The maximum absolute atomic E-state index is 12.6. The number of nitrogens with zero attached hydrogens (tertiary/aromatic N) is 3. The maximum atomic E-state index is 12.6. The molecule has 152 valence electrons. The van der Waals surface area contributed by atoms with Crippen molar-refractivity contribution in [2.24, 2.45) is 0 Å². The molecule has 2 aromatic heterocycles. The van der Waals surface area contributed by atoms with Crippen LogP contribution in [0.5, 0.6) is 0 Å². The summed E-state index contributed by atoms with van der Waals surface area (Å²) in [5.41, 5.74) is 2.96. The smallest absolute Gasteiger partial charge is 0.341 e. The summed E-state index contributed by atoms with van der Waals surface area (Å²) in [5, 5.41) is 8.57. The van der Waals surface area contributed by atoms with Gasteiger partial charge in [0.1, 0.15) is 5.56 Å². The van der Waals surface area contributed by atoms with Gasteiger partial charge in [0.25, 0.3) is 0 Å². The Morgan fingerprint density at radius 2 is 2.10 bits per heavy atom. The zero-order valence-corrected chi connectivity index (χ0v) is 17.2. The number of hydrogen-bond acceptors (Lipinski definition) is 5. The lowest BCUT2D eigenvalue weighted by atomic mass is 10.1. The average molecular weight is 413 g/mol. The summed E-state index contributed by atoms with van der Waals surface area (Å²) in [6.07, 6.45) is 7.36. The lowest BCUT2D eigenvalue weighted by molar-refractivity contribution is 0.0500. The Morgan fingerprint density at radius 3 is 2.83 bits per heavy atom. The molecule has 6 nitrogen and oxygen atoms in total. The minimum Gasteiger partial charge on any atom is -0.462 e. The third-order valence-electron chi connectivity index (χ3n) is 5.04. The van der Waals surface area contributed by atoms with Gasteiger partial charge in [-0.05, 0) is 24.8 Å². The molecule has 0 radical (unpaired) electrons. The van der Waals surface area contributed by atoms with Crippen LogP contribution in [0.25, 0.3) is 11.0 Å². The zero-order chi connectivity index (χ0) is 20.2. The number of fused-ring (bicyclic) bond motifs is 1. The first kappa shape index (κ1) is 19.7. The summed E-state index contributed by atoms with van der Waals surface area (Å²) in [6, 6.07) is 10.3. The molecule has 1 aromatic carbocycles. The van der Waals surface area contributed by atoms with Crippen molar-refractivity contribution in [1.82, 2.24) is 14.8 Å². The highest BCUT2D eigenvalue weighted by atomic mass is 35.5. The number of anilines is 1. The van der Waals surface area contributed by atoms with Crippen LogP contribution in [0.15, 0.2) is 42.7 Å². The molecule has 2 heterocycles. The molecule has 1 atom stereocenters. The number of pyridine rings is 1. The van der Waals surface area contributed by atoms with Crippen molar-refractivity contribution < 1.29 is 9.53 Å². The van der Waals surface area contributed by atoms with E-state index in [1.807, 2.05) is 30.3 Å². The van der Waals surface area contributed by atoms with E-state index in [0.717, 1.165) is 42.3 Å². The number of benzene rings is 1. The van der Waals surface area contributed by atoms with Crippen molar-refractivity contribution in [2.75, 3.05) is 11.9 Å². The summed E-state index contributed by atoms with van der Waals surface area (Å²) in [7, 11) is 0. The summed E-state index contributed by atoms with van der Waals surface area (Å²) < 4.78 is 7.22. The number of aromatic nitrogens is 3. The molecule has 7 heteroatoms. The number of hydrogen-bond donors (Lipinski definition) is 1. The molecular formula is C22H25ClN4O2. The third-order valence-corrected chi connectivity index (χ3v) is 5.43. The maximum Gasteiger partial charge on any atom is 0.341 e. The molecule has 1 unspecified atom stereocenters. The van der Waals surface area contributed by atoms with Gasteiger partial charge in [-0.1, -0.05) is 43.7 Å². The Hall–Kier alpha value is -2.60. The van der Waals surface area contributed by atoms with Gasteiger partial charge in [-0.25, -0.2) is 14.5 Å². The highest BCUT2D eigenvalue weighted by molar-refractivity contribution is 6.20. The van der Waals surface area contributed by atoms with Gasteiger partial charge in [0.15, 0.2) is 5.65 Å². The number of alkyl halides is 1. The van der Waals surface area contributed by atoms with Gasteiger partial charge in [0, 0.05) is 12.2 Å². The van der Waals surface area contributed by atoms with Gasteiger partial charge in [-0.3, -0.25) is 0 Å². The van der Waals surface area contributed by atoms with Crippen molar-refractivity contribution >= 4 is 34.3 Å². The summed E-state index contributed by atoms with van der Waals surface area (Å²) in [4.78, 5) is 17.1. The van der Waals surface area contributed by atoms with Crippen LogP contribution in [0.2, 0.25) is 0 Å². The lowest BCUT2D eigenvalue weighted by Crippen LogP contribution is -2.13. The predicted molar refractivity (Wildman–Crippen MR) is 114 cm³/mol. The van der Waals surface area contributed by atoms with Crippen LogP contribution in [0, 0.1) is 0 Å². The van der Waals surface area contributed by atoms with E-state index in [4.69, 9.17) is 16.3 Å². The lowest BCUT2D eigenvalue weighted by Gasteiger charge is -2.13. The number of rotatable bonds is 9. The van der Waals surface area contributed by atoms with Gasteiger partial charge in [0.05, 0.1) is 35.8 Å². The van der Waals surface area contributed by atoms with E-state index in [-0.39, 0.29) is 11.3 Å². The zero-order valence-electron chi connectivity index (χ0n) is 16.5. The Labute approximate surface area is 175 Å². The number of halogens is 1. The highest BCUT2D eigenvalue weighted by Gasteiger charge is 2.27. The molecule has 1 fully saturated rings. The van der Waals surface area contributed by atoms with Gasteiger partial charge in [-0.15, -0.1) is 11.6 Å². The molecule has 3 aromatic rings. The van der Waals surface area contributed by atoms with Crippen molar-refractivity contribution in [3.63, 3.8) is 0 Å². The number of esters is 1. The van der Waals surface area contributed by atoms with Gasteiger partial charge < -0.3 is 10.1 Å². The Balaban J connectivity index is 1.63. The first-order valence-corrected chi connectivity index (χ1v) is 10.6. The molecule has 0 saturated heterocycles. The van der Waals surface area contributed by atoms with Crippen molar-refractivity contribution in [2.45, 2.75) is 50.6 Å². The van der Waals surface area contributed by atoms with Gasteiger partial charge in [0.2, 0.25) is 0 Å². The molecule has 0 spiro atoms. The molecule has 0 aliphatic heterocycles. The monoisotopic (exact) mass is 412 g/mol. The molecule has 1 aliphatic rings. The van der Waals surface area contributed by atoms with E-state index in [0.29, 0.717) is 30.4 Å². The fourth-order valence-corrected chi connectivity index (χ4v) is 3.48. The number of carbonyl (C=O) groups excluding carboxylic acids is 1. The summed E-state index contributed by atoms with van der Waals surface area (Å²) in [5.74, 6) is -0.344. The van der Waals surface area contributed by atoms with E-state index in [2.05, 4.69) is 22.3 Å². The Kier molecular flexibility index (Phi) is 6.00. The molecule has 1 N–H and O–H groups in total. The fraction of sp³-hybridized carbons (Fsp3) is 0.409. The fourth-order valence-electron chi connectivity index (χ4n) is 3.21. The second-order valence-electron chi connectivity index (χ2n) is 7.40. The topological polar surface area (TPSA) is 69.0 Å². The van der Waals surface area contributed by atoms with Crippen LogP contribution in [-0.4, -0.2) is 33.4 Å². The highest BCUT2D eigenvalue weighted by Crippen LogP contribution is 2.33. The van der Waals surface area contributed by atoms with E-state index < -0.39 is 0 Å². The Bertz CT molecular complexity index is 985. The van der Waals surface area contributed by atoms with Crippen LogP contribution in [0.4, 0.5) is 5.69 Å². The van der Waals surface area contributed by atoms with Crippen LogP contribution in [0.3, 0.4) is 0 Å². The molecule has 0 amide bonds. The SMILES string of the molecule is CCCCOC(=O)c1cnc2c(cnn2CC(Cl)c2ccccc2)c1NC1CC1. The van der Waals surface area contributed by atoms with E-state index in [9.17, 15) is 4.79 Å². The number of unbranched alkanes of at least 4 members (excludes halogenated alkanes) is 1. The normalized spacial score (nSPS) is 14.7. The summed E-state index contributed by atoms with van der Waals surface area (Å²) in [6.45, 7) is 2.97. The molecule has 1 saturated carbocycles. The van der Waals surface area contributed by atoms with Gasteiger partial charge >= 0.3 is 5.97 Å². The largest absolute Gasteiger partial charge is 0.462 e. The average Bonchev–Trinajstić information content (AvgIpc) is 3.47. The number of ether oxygens (including phenoxy) is 1. The number of carbonyl (C=O) groups is 1. The third kappa shape index (κ3) is 4.53. The van der Waals surface area contributed by atoms with Gasteiger partial charge in [-0.2, -0.15) is 5.10 Å². The predicted octanol–water partition coefficient (Wildman–Crippen LogP) is 4.94. The molecule has 4 rings (SSSR count). The molecule has 0 bridgehead atoms. The first-order chi connectivity index (χ1) is 14.2. The second-order valence-corrected chi connectivity index (χ2v) is 7.92. The summed E-state index contributed by atoms with van der Waals surface area (Å²) >= 11 is 6.61. The van der Waals surface area contributed by atoms with Crippen molar-refractivity contribution in [3.8, 4) is 0 Å². The Morgan fingerprint density at radius 1 is 1.31 bits per heavy atom. The molecular weight excluding hydrogens is 388 g/mol. The van der Waals surface area contributed by atoms with E-state index in [1.165, 1.54) is 0 Å². The molecule has 29 heavy (non-hydrogen) atoms. The van der Waals surface area contributed by atoms with Crippen molar-refractivity contribution in [1.29, 1.82) is 0 Å². The van der Waals surface area contributed by atoms with Crippen LogP contribution < -0.4 is 5.32 Å². The van der Waals surface area contributed by atoms with Crippen LogP contribution in [-0.2, 0) is 11.3 Å². The van der Waals surface area contributed by atoms with Crippen LogP contribution >= 0.6 is 11.6 Å². The molecule has 1 aliphatic carbocycles. The first-order valence-electron chi connectivity index (χ1n) is 10.1. The minimum absolute atomic E-state index is 0.223. The van der Waals surface area contributed by atoms with Crippen molar-refractivity contribution in [3.05, 3.63) is 53.9 Å². The van der Waals surface area contributed by atoms with Crippen LogP contribution in [0.1, 0.15) is 53.9 Å². The quantitative estimate of drug-likeness (QED) is 0.306. The number of nitrogens with one attached hydrogen (secondary N) is 1.